The maximum Gasteiger partial charge on any atom is 0.277 e. The molecule has 144 valence electrons. The van der Waals surface area contributed by atoms with Gasteiger partial charge in [0.1, 0.15) is 11.5 Å². The topological polar surface area (TPSA) is 59.9 Å². The molecular formula is C21H25BrN2O3. The number of carbonyl (C=O) groups excluding carboxylic acids is 1. The van der Waals surface area contributed by atoms with Crippen molar-refractivity contribution in [3.63, 3.8) is 0 Å². The molecule has 0 spiro atoms. The van der Waals surface area contributed by atoms with Gasteiger partial charge in [0.15, 0.2) is 6.61 Å². The number of hydrazone groups is 1. The van der Waals surface area contributed by atoms with Gasteiger partial charge in [-0.05, 0) is 48.2 Å². The molecule has 2 aromatic rings. The highest BCUT2D eigenvalue weighted by atomic mass is 79.9. The van der Waals surface area contributed by atoms with Crippen molar-refractivity contribution < 1.29 is 14.3 Å². The molecule has 0 aliphatic heterocycles. The summed E-state index contributed by atoms with van der Waals surface area (Å²) in [6, 6.07) is 13.4. The molecule has 27 heavy (non-hydrogen) atoms. The third-order valence-corrected chi connectivity index (χ3v) is 4.25. The normalized spacial score (nSPS) is 11.4. The fourth-order valence-corrected chi connectivity index (χ4v) is 2.69. The van der Waals surface area contributed by atoms with E-state index in [0.29, 0.717) is 18.1 Å². The standard InChI is InChI=1S/C21H25BrN2O3/c1-5-26-19-11-8-17(22)12-15(19)13-23-24-20(25)14-27-18-9-6-16(7-10-18)21(2,3)4/h6-13H,5,14H2,1-4H3,(H,24,25)/b23-13+. The molecule has 0 bridgehead atoms. The van der Waals surface area contributed by atoms with Crippen molar-refractivity contribution >= 4 is 28.1 Å². The number of halogens is 1. The number of hydrogen-bond acceptors (Lipinski definition) is 4. The molecule has 0 aliphatic rings. The Hall–Kier alpha value is -2.34. The van der Waals surface area contributed by atoms with E-state index in [1.165, 1.54) is 5.56 Å². The van der Waals surface area contributed by atoms with Crippen LogP contribution in [-0.4, -0.2) is 25.3 Å². The summed E-state index contributed by atoms with van der Waals surface area (Å²) in [6.07, 6.45) is 1.55. The molecule has 2 rings (SSSR count). The molecule has 0 saturated carbocycles. The van der Waals surface area contributed by atoms with Crippen molar-refractivity contribution in [1.29, 1.82) is 0 Å². The predicted molar refractivity (Wildman–Crippen MR) is 112 cm³/mol. The Morgan fingerprint density at radius 2 is 1.85 bits per heavy atom. The number of rotatable bonds is 7. The van der Waals surface area contributed by atoms with Crippen LogP contribution in [-0.2, 0) is 10.2 Å². The summed E-state index contributed by atoms with van der Waals surface area (Å²) in [7, 11) is 0. The van der Waals surface area contributed by atoms with Crippen LogP contribution in [0.5, 0.6) is 11.5 Å². The lowest BCUT2D eigenvalue weighted by Gasteiger charge is -2.19. The molecule has 1 amide bonds. The fourth-order valence-electron chi connectivity index (χ4n) is 2.31. The van der Waals surface area contributed by atoms with Gasteiger partial charge >= 0.3 is 0 Å². The molecule has 0 heterocycles. The van der Waals surface area contributed by atoms with Gasteiger partial charge in [0.25, 0.3) is 5.91 Å². The maximum absolute atomic E-state index is 11.9. The molecule has 0 fully saturated rings. The summed E-state index contributed by atoms with van der Waals surface area (Å²) < 4.78 is 11.9. The van der Waals surface area contributed by atoms with Gasteiger partial charge in [0.05, 0.1) is 12.8 Å². The summed E-state index contributed by atoms with van der Waals surface area (Å²) in [5.41, 5.74) is 4.52. The zero-order valence-electron chi connectivity index (χ0n) is 16.1. The third-order valence-electron chi connectivity index (χ3n) is 3.75. The fraction of sp³-hybridized carbons (Fsp3) is 0.333. The number of hydrogen-bond donors (Lipinski definition) is 1. The summed E-state index contributed by atoms with van der Waals surface area (Å²) in [5.74, 6) is 1.01. The van der Waals surface area contributed by atoms with Crippen LogP contribution >= 0.6 is 15.9 Å². The first-order valence-electron chi connectivity index (χ1n) is 8.77. The quantitative estimate of drug-likeness (QED) is 0.510. The van der Waals surface area contributed by atoms with Gasteiger partial charge in [-0.1, -0.05) is 48.8 Å². The van der Waals surface area contributed by atoms with Crippen molar-refractivity contribution in [2.75, 3.05) is 13.2 Å². The van der Waals surface area contributed by atoms with E-state index in [2.05, 4.69) is 47.2 Å². The van der Waals surface area contributed by atoms with Crippen LogP contribution in [0.15, 0.2) is 52.0 Å². The molecule has 0 saturated heterocycles. The van der Waals surface area contributed by atoms with Gasteiger partial charge in [-0.2, -0.15) is 5.10 Å². The van der Waals surface area contributed by atoms with Gasteiger partial charge < -0.3 is 9.47 Å². The number of amides is 1. The molecule has 0 unspecified atom stereocenters. The molecule has 2 aromatic carbocycles. The lowest BCUT2D eigenvalue weighted by atomic mass is 9.87. The van der Waals surface area contributed by atoms with Crippen LogP contribution in [0, 0.1) is 0 Å². The summed E-state index contributed by atoms with van der Waals surface area (Å²) in [5, 5.41) is 3.98. The van der Waals surface area contributed by atoms with Crippen LogP contribution in [0.4, 0.5) is 0 Å². The molecule has 0 radical (unpaired) electrons. The highest BCUT2D eigenvalue weighted by Crippen LogP contribution is 2.24. The van der Waals surface area contributed by atoms with Crippen LogP contribution in [0.3, 0.4) is 0 Å². The highest BCUT2D eigenvalue weighted by Gasteiger charge is 2.13. The Morgan fingerprint density at radius 1 is 1.15 bits per heavy atom. The monoisotopic (exact) mass is 432 g/mol. The molecule has 1 N–H and O–H groups in total. The van der Waals surface area contributed by atoms with Gasteiger partial charge in [0.2, 0.25) is 0 Å². The van der Waals surface area contributed by atoms with E-state index in [1.54, 1.807) is 6.21 Å². The Bertz CT molecular complexity index is 796. The number of benzene rings is 2. The van der Waals surface area contributed by atoms with Crippen molar-refractivity contribution in [3.8, 4) is 11.5 Å². The van der Waals surface area contributed by atoms with Crippen molar-refractivity contribution in [1.82, 2.24) is 5.43 Å². The Kier molecular flexibility index (Phi) is 7.42. The largest absolute Gasteiger partial charge is 0.493 e. The average molecular weight is 433 g/mol. The van der Waals surface area contributed by atoms with Crippen molar-refractivity contribution in [3.05, 3.63) is 58.1 Å². The SMILES string of the molecule is CCOc1ccc(Br)cc1/C=N/NC(=O)COc1ccc(C(C)(C)C)cc1. The van der Waals surface area contributed by atoms with E-state index >= 15 is 0 Å². The van der Waals surface area contributed by atoms with Gasteiger partial charge in [-0.3, -0.25) is 4.79 Å². The van der Waals surface area contributed by atoms with Crippen molar-refractivity contribution in [2.45, 2.75) is 33.1 Å². The lowest BCUT2D eigenvalue weighted by molar-refractivity contribution is -0.123. The smallest absolute Gasteiger partial charge is 0.277 e. The molecule has 0 aliphatic carbocycles. The second-order valence-electron chi connectivity index (χ2n) is 6.97. The zero-order chi connectivity index (χ0) is 19.9. The summed E-state index contributed by atoms with van der Waals surface area (Å²) in [6.45, 7) is 8.81. The van der Waals surface area contributed by atoms with E-state index in [-0.39, 0.29) is 17.9 Å². The molecule has 0 aromatic heterocycles. The van der Waals surface area contributed by atoms with E-state index in [4.69, 9.17) is 9.47 Å². The average Bonchev–Trinajstić information content (AvgIpc) is 2.62. The summed E-state index contributed by atoms with van der Waals surface area (Å²) in [4.78, 5) is 11.9. The second-order valence-corrected chi connectivity index (χ2v) is 7.89. The van der Waals surface area contributed by atoms with Gasteiger partial charge in [0, 0.05) is 10.0 Å². The molecule has 0 atom stereocenters. The first-order chi connectivity index (χ1) is 12.8. The lowest BCUT2D eigenvalue weighted by Crippen LogP contribution is -2.24. The van der Waals surface area contributed by atoms with E-state index < -0.39 is 0 Å². The first kappa shape index (κ1) is 21.0. The van der Waals surface area contributed by atoms with Crippen LogP contribution < -0.4 is 14.9 Å². The second kappa shape index (κ2) is 9.55. The third kappa shape index (κ3) is 6.71. The minimum absolute atomic E-state index is 0.0807. The molecule has 6 heteroatoms. The number of carbonyl (C=O) groups is 1. The minimum Gasteiger partial charge on any atom is -0.493 e. The Balaban J connectivity index is 1.88. The van der Waals surface area contributed by atoms with E-state index in [9.17, 15) is 4.79 Å². The van der Waals surface area contributed by atoms with Crippen LogP contribution in [0.25, 0.3) is 0 Å². The highest BCUT2D eigenvalue weighted by molar-refractivity contribution is 9.10. The van der Waals surface area contributed by atoms with Gasteiger partial charge in [-0.25, -0.2) is 5.43 Å². The number of ether oxygens (including phenoxy) is 2. The van der Waals surface area contributed by atoms with Crippen molar-refractivity contribution in [2.24, 2.45) is 5.10 Å². The Labute approximate surface area is 168 Å². The number of nitrogens with zero attached hydrogens (tertiary/aromatic N) is 1. The maximum atomic E-state index is 11.9. The van der Waals surface area contributed by atoms with E-state index in [1.807, 2.05) is 49.4 Å². The van der Waals surface area contributed by atoms with Gasteiger partial charge in [-0.15, -0.1) is 0 Å². The Morgan fingerprint density at radius 3 is 2.48 bits per heavy atom. The van der Waals surface area contributed by atoms with E-state index in [0.717, 1.165) is 10.0 Å². The molecular weight excluding hydrogens is 408 g/mol. The first-order valence-corrected chi connectivity index (χ1v) is 9.56. The zero-order valence-corrected chi connectivity index (χ0v) is 17.7. The molecule has 5 nitrogen and oxygen atoms in total. The number of nitrogens with one attached hydrogen (secondary N) is 1. The summed E-state index contributed by atoms with van der Waals surface area (Å²) >= 11 is 3.41. The van der Waals surface area contributed by atoms with Crippen LogP contribution in [0.2, 0.25) is 0 Å². The van der Waals surface area contributed by atoms with Crippen LogP contribution in [0.1, 0.15) is 38.8 Å². The predicted octanol–water partition coefficient (Wildman–Crippen LogP) is 4.67. The minimum atomic E-state index is -0.334.